The summed E-state index contributed by atoms with van der Waals surface area (Å²) < 4.78 is 33.7. The maximum absolute atomic E-state index is 12.5. The molecular formula is C22H30N2O3S. The van der Waals surface area contributed by atoms with Crippen molar-refractivity contribution in [2.45, 2.75) is 38.3 Å². The normalized spacial score (nSPS) is 20.6. The van der Waals surface area contributed by atoms with E-state index in [0.717, 1.165) is 28.8 Å². The quantitative estimate of drug-likeness (QED) is 0.853. The molecule has 1 aliphatic rings. The van der Waals surface area contributed by atoms with Gasteiger partial charge in [-0.2, -0.15) is 4.72 Å². The van der Waals surface area contributed by atoms with Gasteiger partial charge < -0.3 is 4.74 Å². The molecule has 0 aromatic heterocycles. The summed E-state index contributed by atoms with van der Waals surface area (Å²) in [4.78, 5) is 2.14. The highest BCUT2D eigenvalue weighted by Gasteiger charge is 2.44. The van der Waals surface area contributed by atoms with Crippen molar-refractivity contribution >= 4 is 10.0 Å². The van der Waals surface area contributed by atoms with Crippen LogP contribution in [0.25, 0.3) is 0 Å². The molecule has 5 nitrogen and oxygen atoms in total. The minimum atomic E-state index is -3.50. The molecule has 1 aliphatic heterocycles. The fourth-order valence-electron chi connectivity index (χ4n) is 4.11. The Morgan fingerprint density at radius 2 is 1.79 bits per heavy atom. The standard InChI is InChI=1S/C22H30N2O3S/c1-21(2,3)17-11-12-20(27-5)19(13-17)22(23-28(6,25)26)15-24(4)14-16-9-7-8-10-18(16)22/h7-13,23H,14-15H2,1-6H3. The third kappa shape index (κ3) is 3.95. The van der Waals surface area contributed by atoms with E-state index in [1.807, 2.05) is 31.3 Å². The lowest BCUT2D eigenvalue weighted by atomic mass is 9.75. The van der Waals surface area contributed by atoms with E-state index in [2.05, 4.69) is 48.6 Å². The van der Waals surface area contributed by atoms with E-state index in [-0.39, 0.29) is 5.41 Å². The van der Waals surface area contributed by atoms with Crippen LogP contribution in [0.5, 0.6) is 5.75 Å². The van der Waals surface area contributed by atoms with E-state index in [1.165, 1.54) is 6.26 Å². The molecule has 0 amide bonds. The summed E-state index contributed by atoms with van der Waals surface area (Å²) in [6.45, 7) is 7.73. The SMILES string of the molecule is COc1ccc(C(C)(C)C)cc1C1(NS(C)(=O)=O)CN(C)Cc2ccccc21. The molecule has 1 unspecified atom stereocenters. The van der Waals surface area contributed by atoms with Gasteiger partial charge in [-0.3, -0.25) is 4.90 Å². The van der Waals surface area contributed by atoms with E-state index in [0.29, 0.717) is 12.3 Å². The summed E-state index contributed by atoms with van der Waals surface area (Å²) in [5.74, 6) is 0.675. The third-order valence-corrected chi connectivity index (χ3v) is 6.03. The van der Waals surface area contributed by atoms with E-state index in [4.69, 9.17) is 4.74 Å². The number of rotatable bonds is 4. The Labute approximate surface area is 168 Å². The second-order valence-electron chi connectivity index (χ2n) is 8.77. The predicted molar refractivity (Wildman–Crippen MR) is 113 cm³/mol. The van der Waals surface area contributed by atoms with E-state index in [1.54, 1.807) is 7.11 Å². The van der Waals surface area contributed by atoms with Gasteiger partial charge in [-0.05, 0) is 41.3 Å². The van der Waals surface area contributed by atoms with Crippen molar-refractivity contribution in [1.82, 2.24) is 9.62 Å². The number of hydrogen-bond acceptors (Lipinski definition) is 4. The number of fused-ring (bicyclic) bond motifs is 1. The number of sulfonamides is 1. The van der Waals surface area contributed by atoms with Crippen LogP contribution in [0.3, 0.4) is 0 Å². The van der Waals surface area contributed by atoms with Crippen molar-refractivity contribution in [3.63, 3.8) is 0 Å². The molecule has 6 heteroatoms. The number of likely N-dealkylation sites (N-methyl/N-ethyl adjacent to an activating group) is 1. The Bertz CT molecular complexity index is 980. The van der Waals surface area contributed by atoms with Gasteiger partial charge in [0.05, 0.1) is 18.9 Å². The van der Waals surface area contributed by atoms with Gasteiger partial charge in [0.15, 0.2) is 0 Å². The smallest absolute Gasteiger partial charge is 0.209 e. The summed E-state index contributed by atoms with van der Waals surface area (Å²) in [6.07, 6.45) is 1.21. The number of methoxy groups -OCH3 is 1. The van der Waals surface area contributed by atoms with Crippen molar-refractivity contribution in [3.05, 3.63) is 64.7 Å². The lowest BCUT2D eigenvalue weighted by molar-refractivity contribution is 0.223. The summed E-state index contributed by atoms with van der Waals surface area (Å²) in [6, 6.07) is 14.1. The third-order valence-electron chi connectivity index (χ3n) is 5.31. The predicted octanol–water partition coefficient (Wildman–Crippen LogP) is 3.23. The Kier molecular flexibility index (Phi) is 5.34. The van der Waals surface area contributed by atoms with Crippen LogP contribution in [0.4, 0.5) is 0 Å². The number of benzene rings is 2. The largest absolute Gasteiger partial charge is 0.496 e. The van der Waals surface area contributed by atoms with Gasteiger partial charge >= 0.3 is 0 Å². The molecule has 3 rings (SSSR count). The van der Waals surface area contributed by atoms with Crippen molar-refractivity contribution in [2.24, 2.45) is 0 Å². The van der Waals surface area contributed by atoms with Crippen molar-refractivity contribution in [2.75, 3.05) is 27.0 Å². The van der Waals surface area contributed by atoms with Crippen LogP contribution in [0, 0.1) is 0 Å². The van der Waals surface area contributed by atoms with Crippen molar-refractivity contribution < 1.29 is 13.2 Å². The lowest BCUT2D eigenvalue weighted by Gasteiger charge is -2.44. The Morgan fingerprint density at radius 1 is 1.11 bits per heavy atom. The monoisotopic (exact) mass is 402 g/mol. The molecule has 0 saturated heterocycles. The van der Waals surface area contributed by atoms with Gasteiger partial charge in [0.2, 0.25) is 10.0 Å². The Balaban J connectivity index is 2.38. The summed E-state index contributed by atoms with van der Waals surface area (Å²) in [5.41, 5.74) is 3.05. The zero-order valence-electron chi connectivity index (χ0n) is 17.5. The zero-order chi connectivity index (χ0) is 20.7. The molecule has 0 aliphatic carbocycles. The molecule has 1 N–H and O–H groups in total. The molecule has 1 atom stereocenters. The first-order valence-electron chi connectivity index (χ1n) is 9.41. The molecule has 1 heterocycles. The second-order valence-corrected chi connectivity index (χ2v) is 10.5. The Hall–Kier alpha value is -1.89. The number of hydrogen-bond donors (Lipinski definition) is 1. The summed E-state index contributed by atoms with van der Waals surface area (Å²) in [5, 5.41) is 0. The Morgan fingerprint density at radius 3 is 2.39 bits per heavy atom. The highest BCUT2D eigenvalue weighted by molar-refractivity contribution is 7.88. The molecule has 2 aromatic carbocycles. The second kappa shape index (κ2) is 7.17. The average molecular weight is 403 g/mol. The minimum Gasteiger partial charge on any atom is -0.496 e. The van der Waals surface area contributed by atoms with Crippen molar-refractivity contribution in [3.8, 4) is 5.75 Å². The van der Waals surface area contributed by atoms with Gasteiger partial charge in [0.25, 0.3) is 0 Å². The molecular weight excluding hydrogens is 372 g/mol. The fourth-order valence-corrected chi connectivity index (χ4v) is 5.03. The first-order chi connectivity index (χ1) is 13.0. The molecule has 28 heavy (non-hydrogen) atoms. The van der Waals surface area contributed by atoms with Gasteiger partial charge in [0, 0.05) is 18.7 Å². The molecule has 0 fully saturated rings. The number of nitrogens with one attached hydrogen (secondary N) is 1. The number of ether oxygens (including phenoxy) is 1. The van der Waals surface area contributed by atoms with Crippen LogP contribution in [-0.2, 0) is 27.5 Å². The lowest BCUT2D eigenvalue weighted by Crippen LogP contribution is -2.56. The zero-order valence-corrected chi connectivity index (χ0v) is 18.4. The van der Waals surface area contributed by atoms with E-state index < -0.39 is 15.6 Å². The minimum absolute atomic E-state index is 0.0760. The van der Waals surface area contributed by atoms with Crippen LogP contribution < -0.4 is 9.46 Å². The molecule has 0 radical (unpaired) electrons. The van der Waals surface area contributed by atoms with E-state index in [9.17, 15) is 8.42 Å². The van der Waals surface area contributed by atoms with Gasteiger partial charge in [-0.15, -0.1) is 0 Å². The van der Waals surface area contributed by atoms with Gasteiger partial charge in [0.1, 0.15) is 5.75 Å². The maximum atomic E-state index is 12.5. The first kappa shape index (κ1) is 20.8. The first-order valence-corrected chi connectivity index (χ1v) is 11.3. The van der Waals surface area contributed by atoms with E-state index >= 15 is 0 Å². The molecule has 0 bridgehead atoms. The van der Waals surface area contributed by atoms with Crippen LogP contribution in [0.1, 0.15) is 43.0 Å². The molecule has 2 aromatic rings. The topological polar surface area (TPSA) is 58.6 Å². The molecule has 0 spiro atoms. The van der Waals surface area contributed by atoms with Gasteiger partial charge in [-0.25, -0.2) is 8.42 Å². The fraction of sp³-hybridized carbons (Fsp3) is 0.455. The maximum Gasteiger partial charge on any atom is 0.209 e. The summed E-state index contributed by atoms with van der Waals surface area (Å²) >= 11 is 0. The highest BCUT2D eigenvalue weighted by Crippen LogP contribution is 2.43. The van der Waals surface area contributed by atoms with Crippen LogP contribution in [0.2, 0.25) is 0 Å². The highest BCUT2D eigenvalue weighted by atomic mass is 32.2. The molecule has 0 saturated carbocycles. The van der Waals surface area contributed by atoms with Crippen LogP contribution >= 0.6 is 0 Å². The summed E-state index contributed by atoms with van der Waals surface area (Å²) in [7, 11) is 0.134. The van der Waals surface area contributed by atoms with Crippen LogP contribution in [0.15, 0.2) is 42.5 Å². The van der Waals surface area contributed by atoms with Crippen LogP contribution in [-0.4, -0.2) is 40.3 Å². The number of nitrogens with zero attached hydrogens (tertiary/aromatic N) is 1. The average Bonchev–Trinajstić information content (AvgIpc) is 2.58. The van der Waals surface area contributed by atoms with Crippen molar-refractivity contribution in [1.29, 1.82) is 0 Å². The van der Waals surface area contributed by atoms with Gasteiger partial charge in [-0.1, -0.05) is 51.1 Å². The molecule has 152 valence electrons.